The summed E-state index contributed by atoms with van der Waals surface area (Å²) >= 11 is 0. The number of carbonyl (C=O) groups excluding carboxylic acids is 1. The fraction of sp³-hybridized carbons (Fsp3) is 0.429. The minimum atomic E-state index is -0.184. The summed E-state index contributed by atoms with van der Waals surface area (Å²) in [6.07, 6.45) is 4.20. The van der Waals surface area contributed by atoms with Crippen LogP contribution in [0, 0.1) is 6.92 Å². The predicted octanol–water partition coefficient (Wildman–Crippen LogP) is 1.37. The van der Waals surface area contributed by atoms with Crippen LogP contribution in [0.15, 0.2) is 22.9 Å². The highest BCUT2D eigenvalue weighted by Crippen LogP contribution is 2.24. The molecule has 6 nitrogen and oxygen atoms in total. The first kappa shape index (κ1) is 12.9. The van der Waals surface area contributed by atoms with Gasteiger partial charge in [-0.05, 0) is 25.0 Å². The predicted molar refractivity (Wildman–Crippen MR) is 71.4 cm³/mol. The van der Waals surface area contributed by atoms with E-state index in [9.17, 15) is 4.79 Å². The molecular weight excluding hydrogens is 258 g/mol. The summed E-state index contributed by atoms with van der Waals surface area (Å²) in [7, 11) is 1.89. The van der Waals surface area contributed by atoms with Crippen molar-refractivity contribution in [3.05, 3.63) is 41.1 Å². The zero-order valence-corrected chi connectivity index (χ0v) is 11.5. The number of aryl methyl sites for hydroxylation is 2. The lowest BCUT2D eigenvalue weighted by molar-refractivity contribution is 0.0383. The van der Waals surface area contributed by atoms with E-state index in [4.69, 9.17) is 9.15 Å². The third-order valence-corrected chi connectivity index (χ3v) is 3.48. The first-order valence-corrected chi connectivity index (χ1v) is 6.61. The minimum Gasteiger partial charge on any atom is -0.469 e. The standard InChI is InChI=1S/C14H17N3O3/c1-9-11(4-6-19-9)14(18)15-7-12-13-10(3-5-20-12)8-17(2)16-13/h4,6,8,12H,3,5,7H2,1-2H3,(H,15,18). The third-order valence-electron chi connectivity index (χ3n) is 3.48. The number of aromatic nitrogens is 2. The number of nitrogens with one attached hydrogen (secondary N) is 1. The lowest BCUT2D eigenvalue weighted by Crippen LogP contribution is -2.32. The molecule has 1 unspecified atom stereocenters. The Kier molecular flexibility index (Phi) is 3.31. The second-order valence-electron chi connectivity index (χ2n) is 4.92. The van der Waals surface area contributed by atoms with Crippen LogP contribution in [0.4, 0.5) is 0 Å². The van der Waals surface area contributed by atoms with E-state index in [0.29, 0.717) is 24.5 Å². The second-order valence-corrected chi connectivity index (χ2v) is 4.92. The number of ether oxygens (including phenoxy) is 1. The monoisotopic (exact) mass is 275 g/mol. The van der Waals surface area contributed by atoms with Crippen LogP contribution in [-0.4, -0.2) is 28.8 Å². The highest BCUT2D eigenvalue weighted by molar-refractivity contribution is 5.95. The second kappa shape index (κ2) is 5.13. The van der Waals surface area contributed by atoms with Gasteiger partial charge < -0.3 is 14.5 Å². The van der Waals surface area contributed by atoms with Crippen LogP contribution in [0.2, 0.25) is 0 Å². The van der Waals surface area contributed by atoms with Gasteiger partial charge in [0.05, 0.1) is 24.1 Å². The van der Waals surface area contributed by atoms with Crippen molar-refractivity contribution in [1.82, 2.24) is 15.1 Å². The molecule has 1 aliphatic rings. The van der Waals surface area contributed by atoms with Gasteiger partial charge in [-0.15, -0.1) is 0 Å². The molecule has 20 heavy (non-hydrogen) atoms. The number of nitrogens with zero attached hydrogens (tertiary/aromatic N) is 2. The Labute approximate surface area is 116 Å². The molecule has 1 N–H and O–H groups in total. The van der Waals surface area contributed by atoms with Crippen LogP contribution in [0.1, 0.15) is 33.5 Å². The summed E-state index contributed by atoms with van der Waals surface area (Å²) in [6.45, 7) is 2.83. The smallest absolute Gasteiger partial charge is 0.254 e. The van der Waals surface area contributed by atoms with E-state index in [1.54, 1.807) is 17.7 Å². The Balaban J connectivity index is 1.68. The first-order valence-electron chi connectivity index (χ1n) is 6.61. The van der Waals surface area contributed by atoms with Gasteiger partial charge >= 0.3 is 0 Å². The molecule has 2 aromatic heterocycles. The minimum absolute atomic E-state index is 0.150. The zero-order valence-electron chi connectivity index (χ0n) is 11.5. The van der Waals surface area contributed by atoms with Gasteiger partial charge in [-0.2, -0.15) is 5.10 Å². The summed E-state index contributed by atoms with van der Waals surface area (Å²) in [5, 5.41) is 7.29. The van der Waals surface area contributed by atoms with Crippen molar-refractivity contribution in [3.8, 4) is 0 Å². The van der Waals surface area contributed by atoms with Crippen LogP contribution >= 0.6 is 0 Å². The van der Waals surface area contributed by atoms with Crippen molar-refractivity contribution >= 4 is 5.91 Å². The number of carbonyl (C=O) groups is 1. The maximum Gasteiger partial charge on any atom is 0.254 e. The molecule has 6 heteroatoms. The van der Waals surface area contributed by atoms with Gasteiger partial charge in [-0.25, -0.2) is 0 Å². The summed E-state index contributed by atoms with van der Waals surface area (Å²) in [6, 6.07) is 1.67. The summed E-state index contributed by atoms with van der Waals surface area (Å²) in [5.41, 5.74) is 2.67. The van der Waals surface area contributed by atoms with Crippen molar-refractivity contribution in [3.63, 3.8) is 0 Å². The first-order chi connectivity index (χ1) is 9.65. The quantitative estimate of drug-likeness (QED) is 0.918. The Hall–Kier alpha value is -2.08. The Morgan fingerprint density at radius 1 is 1.60 bits per heavy atom. The van der Waals surface area contributed by atoms with Gasteiger partial charge in [0.25, 0.3) is 5.91 Å². The van der Waals surface area contributed by atoms with Crippen LogP contribution in [0.5, 0.6) is 0 Å². The normalized spacial score (nSPS) is 17.8. The van der Waals surface area contributed by atoms with Crippen LogP contribution in [-0.2, 0) is 18.2 Å². The highest BCUT2D eigenvalue weighted by Gasteiger charge is 2.25. The van der Waals surface area contributed by atoms with Crippen molar-refractivity contribution in [1.29, 1.82) is 0 Å². The topological polar surface area (TPSA) is 69.3 Å². The number of fused-ring (bicyclic) bond motifs is 1. The molecule has 0 aliphatic carbocycles. The molecule has 3 rings (SSSR count). The fourth-order valence-electron chi connectivity index (χ4n) is 2.47. The van der Waals surface area contributed by atoms with E-state index in [1.165, 1.54) is 11.8 Å². The Morgan fingerprint density at radius 2 is 2.45 bits per heavy atom. The van der Waals surface area contributed by atoms with Crippen LogP contribution < -0.4 is 5.32 Å². The van der Waals surface area contributed by atoms with Gasteiger partial charge in [0.2, 0.25) is 0 Å². The SMILES string of the molecule is Cc1occc1C(=O)NCC1OCCc2cn(C)nc21. The number of hydrogen-bond donors (Lipinski definition) is 1. The number of furan rings is 1. The van der Waals surface area contributed by atoms with E-state index >= 15 is 0 Å². The molecule has 1 aliphatic heterocycles. The van der Waals surface area contributed by atoms with Crippen molar-refractivity contribution in [2.24, 2.45) is 7.05 Å². The molecule has 0 saturated carbocycles. The van der Waals surface area contributed by atoms with Crippen molar-refractivity contribution < 1.29 is 13.9 Å². The van der Waals surface area contributed by atoms with Gasteiger partial charge in [-0.1, -0.05) is 0 Å². The number of amides is 1. The van der Waals surface area contributed by atoms with E-state index in [2.05, 4.69) is 10.4 Å². The lowest BCUT2D eigenvalue weighted by atomic mass is 10.1. The Morgan fingerprint density at radius 3 is 3.20 bits per heavy atom. The van der Waals surface area contributed by atoms with Crippen LogP contribution in [0.25, 0.3) is 0 Å². The maximum absolute atomic E-state index is 12.0. The summed E-state index contributed by atoms with van der Waals surface area (Å²) in [4.78, 5) is 12.0. The number of hydrogen-bond acceptors (Lipinski definition) is 4. The summed E-state index contributed by atoms with van der Waals surface area (Å²) < 4.78 is 12.6. The zero-order chi connectivity index (χ0) is 14.1. The molecular formula is C14H17N3O3. The molecule has 0 spiro atoms. The van der Waals surface area contributed by atoms with Crippen LogP contribution in [0.3, 0.4) is 0 Å². The van der Waals surface area contributed by atoms with Gasteiger partial charge in [0, 0.05) is 19.8 Å². The molecule has 0 bridgehead atoms. The highest BCUT2D eigenvalue weighted by atomic mass is 16.5. The van der Waals surface area contributed by atoms with Gasteiger partial charge in [0.1, 0.15) is 11.9 Å². The van der Waals surface area contributed by atoms with E-state index in [-0.39, 0.29) is 12.0 Å². The molecule has 1 amide bonds. The maximum atomic E-state index is 12.0. The molecule has 0 saturated heterocycles. The molecule has 0 aromatic carbocycles. The third kappa shape index (κ3) is 2.34. The molecule has 0 fully saturated rings. The van der Waals surface area contributed by atoms with Gasteiger partial charge in [0.15, 0.2) is 0 Å². The molecule has 3 heterocycles. The molecule has 1 atom stereocenters. The van der Waals surface area contributed by atoms with E-state index in [1.807, 2.05) is 13.2 Å². The average molecular weight is 275 g/mol. The van der Waals surface area contributed by atoms with E-state index in [0.717, 1.165) is 12.1 Å². The fourth-order valence-corrected chi connectivity index (χ4v) is 2.47. The Bertz CT molecular complexity index is 629. The molecule has 2 aromatic rings. The molecule has 0 radical (unpaired) electrons. The molecule has 106 valence electrons. The van der Waals surface area contributed by atoms with E-state index < -0.39 is 0 Å². The van der Waals surface area contributed by atoms with Crippen molar-refractivity contribution in [2.45, 2.75) is 19.4 Å². The van der Waals surface area contributed by atoms with Gasteiger partial charge in [-0.3, -0.25) is 9.48 Å². The lowest BCUT2D eigenvalue weighted by Gasteiger charge is -2.22. The summed E-state index contributed by atoms with van der Waals surface area (Å²) in [5.74, 6) is 0.466. The number of rotatable bonds is 3. The average Bonchev–Trinajstić information content (AvgIpc) is 3.00. The largest absolute Gasteiger partial charge is 0.469 e. The van der Waals surface area contributed by atoms with Crippen molar-refractivity contribution in [2.75, 3.05) is 13.2 Å².